The van der Waals surface area contributed by atoms with Crippen LogP contribution >= 0.6 is 0 Å². The van der Waals surface area contributed by atoms with E-state index in [0.29, 0.717) is 13.1 Å². The smallest absolute Gasteiger partial charge is 0.321 e. The number of hydrogen-bond acceptors (Lipinski definition) is 4. The summed E-state index contributed by atoms with van der Waals surface area (Å²) in [6.45, 7) is 3.02. The van der Waals surface area contributed by atoms with Gasteiger partial charge in [-0.05, 0) is 31.7 Å². The Morgan fingerprint density at radius 2 is 2.10 bits per heavy atom. The minimum Gasteiger partial charge on any atom is -0.497 e. The summed E-state index contributed by atoms with van der Waals surface area (Å²) >= 11 is 0. The predicted octanol–water partition coefficient (Wildman–Crippen LogP) is 0.973. The second kappa shape index (κ2) is 8.16. The first-order valence-corrected chi connectivity index (χ1v) is 6.44. The van der Waals surface area contributed by atoms with Gasteiger partial charge in [0.25, 0.3) is 0 Å². The van der Waals surface area contributed by atoms with E-state index in [-0.39, 0.29) is 12.5 Å². The molecule has 0 aliphatic rings. The summed E-state index contributed by atoms with van der Waals surface area (Å²) in [4.78, 5) is 24.6. The highest BCUT2D eigenvalue weighted by Gasteiger charge is 2.10. The number of carbonyl (C=O) groups is 2. The predicted molar refractivity (Wildman–Crippen MR) is 76.5 cm³/mol. The molecule has 2 N–H and O–H groups in total. The topological polar surface area (TPSA) is 70.7 Å². The Kier molecular flexibility index (Phi) is 6.52. The third-order valence-electron chi connectivity index (χ3n) is 2.59. The molecule has 0 unspecified atom stereocenters. The summed E-state index contributed by atoms with van der Waals surface area (Å²) in [6.07, 6.45) is 0. The van der Waals surface area contributed by atoms with E-state index >= 15 is 0 Å². The molecule has 0 saturated heterocycles. The summed E-state index contributed by atoms with van der Waals surface area (Å²) in [5, 5.41) is 4.77. The van der Waals surface area contributed by atoms with Gasteiger partial charge in [0.1, 0.15) is 5.75 Å². The summed E-state index contributed by atoms with van der Waals surface area (Å²) in [5.74, 6) is 0.448. The number of amides is 3. The molecule has 6 heteroatoms. The van der Waals surface area contributed by atoms with Crippen molar-refractivity contribution in [2.45, 2.75) is 13.5 Å². The number of imide groups is 1. The molecule has 0 aliphatic heterocycles. The lowest BCUT2D eigenvalue weighted by Crippen LogP contribution is -2.43. The maximum Gasteiger partial charge on any atom is 0.321 e. The van der Waals surface area contributed by atoms with Crippen molar-refractivity contribution in [1.29, 1.82) is 0 Å². The van der Waals surface area contributed by atoms with Crippen LogP contribution in [0.1, 0.15) is 12.5 Å². The van der Waals surface area contributed by atoms with Crippen molar-refractivity contribution in [1.82, 2.24) is 15.5 Å². The Hall–Kier alpha value is -2.08. The largest absolute Gasteiger partial charge is 0.497 e. The van der Waals surface area contributed by atoms with E-state index in [2.05, 4.69) is 10.6 Å². The van der Waals surface area contributed by atoms with Gasteiger partial charge in [-0.15, -0.1) is 0 Å². The molecular weight excluding hydrogens is 258 g/mol. The van der Waals surface area contributed by atoms with Crippen LogP contribution in [0.15, 0.2) is 24.3 Å². The van der Waals surface area contributed by atoms with Crippen LogP contribution in [-0.4, -0.2) is 44.1 Å². The first-order chi connectivity index (χ1) is 9.55. The van der Waals surface area contributed by atoms with Crippen molar-refractivity contribution >= 4 is 11.9 Å². The van der Waals surface area contributed by atoms with Gasteiger partial charge in [-0.3, -0.25) is 15.0 Å². The molecule has 0 bridgehead atoms. The standard InChI is InChI=1S/C14H21N3O3/c1-4-15-14(19)16-13(18)10-17(2)9-11-6-5-7-12(8-11)20-3/h5-8H,4,9-10H2,1-3H3,(H2,15,16,18,19). The van der Waals surface area contributed by atoms with E-state index in [4.69, 9.17) is 4.74 Å². The third-order valence-corrected chi connectivity index (χ3v) is 2.59. The first-order valence-electron chi connectivity index (χ1n) is 6.44. The molecule has 3 amide bonds. The zero-order chi connectivity index (χ0) is 15.0. The monoisotopic (exact) mass is 279 g/mol. The minimum absolute atomic E-state index is 0.147. The molecule has 0 aromatic heterocycles. The minimum atomic E-state index is -0.465. The molecule has 1 aromatic carbocycles. The lowest BCUT2D eigenvalue weighted by Gasteiger charge is -2.16. The van der Waals surface area contributed by atoms with Crippen LogP contribution in [0.3, 0.4) is 0 Å². The summed E-state index contributed by atoms with van der Waals surface area (Å²) in [7, 11) is 3.43. The molecule has 0 spiro atoms. The van der Waals surface area contributed by atoms with Crippen LogP contribution in [0.5, 0.6) is 5.75 Å². The van der Waals surface area contributed by atoms with Crippen LogP contribution in [-0.2, 0) is 11.3 Å². The van der Waals surface area contributed by atoms with E-state index in [1.165, 1.54) is 0 Å². The van der Waals surface area contributed by atoms with Gasteiger partial charge in [0, 0.05) is 13.1 Å². The summed E-state index contributed by atoms with van der Waals surface area (Å²) in [5.41, 5.74) is 1.04. The number of nitrogens with zero attached hydrogens (tertiary/aromatic N) is 1. The maximum atomic E-state index is 11.6. The molecule has 6 nitrogen and oxygen atoms in total. The Morgan fingerprint density at radius 1 is 1.35 bits per heavy atom. The number of likely N-dealkylation sites (N-methyl/N-ethyl adjacent to an activating group) is 1. The summed E-state index contributed by atoms with van der Waals surface area (Å²) in [6, 6.07) is 7.17. The number of urea groups is 1. The third kappa shape index (κ3) is 5.71. The normalized spacial score (nSPS) is 10.2. The van der Waals surface area contributed by atoms with E-state index < -0.39 is 6.03 Å². The highest BCUT2D eigenvalue weighted by molar-refractivity contribution is 5.95. The quantitative estimate of drug-likeness (QED) is 0.814. The zero-order valence-corrected chi connectivity index (χ0v) is 12.1. The molecule has 0 aliphatic carbocycles. The number of nitrogens with one attached hydrogen (secondary N) is 2. The molecule has 0 radical (unpaired) electrons. The van der Waals surface area contributed by atoms with Gasteiger partial charge in [-0.25, -0.2) is 4.79 Å². The molecule has 1 aromatic rings. The highest BCUT2D eigenvalue weighted by atomic mass is 16.5. The fraction of sp³-hybridized carbons (Fsp3) is 0.429. The van der Waals surface area contributed by atoms with E-state index in [0.717, 1.165) is 11.3 Å². The lowest BCUT2D eigenvalue weighted by molar-refractivity contribution is -0.120. The van der Waals surface area contributed by atoms with Gasteiger partial charge in [0.15, 0.2) is 0 Å². The van der Waals surface area contributed by atoms with Gasteiger partial charge < -0.3 is 10.1 Å². The Balaban J connectivity index is 2.44. The van der Waals surface area contributed by atoms with E-state index in [1.54, 1.807) is 14.0 Å². The van der Waals surface area contributed by atoms with Gasteiger partial charge in [0.05, 0.1) is 13.7 Å². The number of benzene rings is 1. The van der Waals surface area contributed by atoms with Crippen LogP contribution < -0.4 is 15.4 Å². The van der Waals surface area contributed by atoms with Gasteiger partial charge >= 0.3 is 6.03 Å². The number of ether oxygens (including phenoxy) is 1. The Labute approximate surface area is 119 Å². The fourth-order valence-electron chi connectivity index (χ4n) is 1.75. The van der Waals surface area contributed by atoms with Crippen molar-refractivity contribution in [3.63, 3.8) is 0 Å². The number of carbonyl (C=O) groups excluding carboxylic acids is 2. The number of rotatable bonds is 6. The second-order valence-corrected chi connectivity index (χ2v) is 4.43. The first kappa shape index (κ1) is 16.0. The molecule has 0 heterocycles. The highest BCUT2D eigenvalue weighted by Crippen LogP contribution is 2.13. The number of methoxy groups -OCH3 is 1. The Bertz CT molecular complexity index is 463. The van der Waals surface area contributed by atoms with E-state index in [9.17, 15) is 9.59 Å². The van der Waals surface area contributed by atoms with Gasteiger partial charge in [-0.1, -0.05) is 12.1 Å². The van der Waals surface area contributed by atoms with Crippen molar-refractivity contribution in [3.8, 4) is 5.75 Å². The molecule has 0 saturated carbocycles. The average molecular weight is 279 g/mol. The molecule has 20 heavy (non-hydrogen) atoms. The van der Waals surface area contributed by atoms with Crippen molar-refractivity contribution in [2.75, 3.05) is 27.2 Å². The zero-order valence-electron chi connectivity index (χ0n) is 12.1. The second-order valence-electron chi connectivity index (χ2n) is 4.43. The average Bonchev–Trinajstić information content (AvgIpc) is 2.38. The maximum absolute atomic E-state index is 11.6. The van der Waals surface area contributed by atoms with E-state index in [1.807, 2.05) is 36.2 Å². The molecule has 110 valence electrons. The fourth-order valence-corrected chi connectivity index (χ4v) is 1.75. The van der Waals surface area contributed by atoms with Crippen molar-refractivity contribution in [2.24, 2.45) is 0 Å². The molecular formula is C14H21N3O3. The lowest BCUT2D eigenvalue weighted by atomic mass is 10.2. The van der Waals surface area contributed by atoms with Crippen molar-refractivity contribution < 1.29 is 14.3 Å². The SMILES string of the molecule is CCNC(=O)NC(=O)CN(C)Cc1cccc(OC)c1. The molecule has 1 rings (SSSR count). The van der Waals surface area contributed by atoms with Crippen LogP contribution in [0, 0.1) is 0 Å². The molecule has 0 atom stereocenters. The Morgan fingerprint density at radius 3 is 2.75 bits per heavy atom. The molecule has 0 fully saturated rings. The number of hydrogen-bond donors (Lipinski definition) is 2. The van der Waals surface area contributed by atoms with Crippen LogP contribution in [0.2, 0.25) is 0 Å². The van der Waals surface area contributed by atoms with Gasteiger partial charge in [-0.2, -0.15) is 0 Å². The van der Waals surface area contributed by atoms with Crippen molar-refractivity contribution in [3.05, 3.63) is 29.8 Å². The van der Waals surface area contributed by atoms with Crippen LogP contribution in [0.4, 0.5) is 4.79 Å². The summed E-state index contributed by atoms with van der Waals surface area (Å²) < 4.78 is 5.15. The van der Waals surface area contributed by atoms with Gasteiger partial charge in [0.2, 0.25) is 5.91 Å². The van der Waals surface area contributed by atoms with Crippen LogP contribution in [0.25, 0.3) is 0 Å².